The molecule has 3 fully saturated rings. The molecule has 14 atom stereocenters. The van der Waals surface area contributed by atoms with Crippen LogP contribution in [0.15, 0.2) is 5.11 Å². The minimum atomic E-state index is -2.00. The Balaban J connectivity index is 2.41. The van der Waals surface area contributed by atoms with E-state index < -0.39 is 182 Å². The molecule has 0 aromatic rings. The van der Waals surface area contributed by atoms with E-state index in [2.05, 4.69) is 31.3 Å². The van der Waals surface area contributed by atoms with Crippen molar-refractivity contribution in [2.75, 3.05) is 13.2 Å². The number of hydrogen-bond acceptors (Lipinski definition) is 23. The van der Waals surface area contributed by atoms with Crippen LogP contribution in [-0.2, 0) is 80.8 Å². The summed E-state index contributed by atoms with van der Waals surface area (Å²) in [5.41, 5.74) is 10.9. The van der Waals surface area contributed by atoms with Crippen LogP contribution in [-0.4, -0.2) is 175 Å². The molecule has 0 spiro atoms. The highest BCUT2D eigenvalue weighted by molar-refractivity contribution is 5.71. The van der Waals surface area contributed by atoms with E-state index in [0.717, 1.165) is 27.7 Å². The van der Waals surface area contributed by atoms with Crippen LogP contribution in [0.25, 0.3) is 10.4 Å². The van der Waals surface area contributed by atoms with Crippen molar-refractivity contribution in [2.45, 2.75) is 232 Å². The van der Waals surface area contributed by atoms with Crippen LogP contribution in [0.4, 0.5) is 24.0 Å². The monoisotopic (exact) mass is 1100 g/mol. The van der Waals surface area contributed by atoms with Crippen molar-refractivity contribution in [1.29, 1.82) is 0 Å². The summed E-state index contributed by atoms with van der Waals surface area (Å²) in [5, 5.41) is 14.4. The van der Waals surface area contributed by atoms with E-state index in [1.807, 2.05) is 0 Å². The quantitative estimate of drug-likeness (QED) is 0.0483. The average molecular weight is 1110 g/mol. The first-order valence-corrected chi connectivity index (χ1v) is 24.6. The smallest absolute Gasteiger partial charge is 0.408 e. The number of rotatable bonds is 16. The predicted molar refractivity (Wildman–Crippen MR) is 261 cm³/mol. The molecule has 77 heavy (non-hydrogen) atoms. The second kappa shape index (κ2) is 27.1. The van der Waals surface area contributed by atoms with E-state index in [1.165, 1.54) is 0 Å². The molecule has 0 aromatic carbocycles. The zero-order chi connectivity index (χ0) is 58.5. The largest absolute Gasteiger partial charge is 0.460 e. The van der Waals surface area contributed by atoms with Gasteiger partial charge >= 0.3 is 54.3 Å². The van der Waals surface area contributed by atoms with Crippen molar-refractivity contribution in [1.82, 2.24) is 21.3 Å². The Morgan fingerprint density at radius 1 is 0.532 bits per heavy atom. The number of hydrogen-bond donors (Lipinski definition) is 5. The Kier molecular flexibility index (Phi) is 22.8. The van der Waals surface area contributed by atoms with E-state index >= 15 is 0 Å². The molecule has 0 bridgehead atoms. The fraction of sp³-hybridized carbons (Fsp3) is 0.809. The number of nitrogens with zero attached hydrogens (tertiary/aromatic N) is 3. The third-order valence-electron chi connectivity index (χ3n) is 10.4. The predicted octanol–water partition coefficient (Wildman–Crippen LogP) is 3.71. The topological polar surface area (TPSA) is 397 Å². The molecule has 30 nitrogen and oxygen atoms in total. The van der Waals surface area contributed by atoms with Crippen LogP contribution in [0.1, 0.15) is 124 Å². The SMILES string of the molecule is CC(=O)O[C@@H]1[C@@H](O[C@H]2O[C@H](COC(N)=O)[C@@H](OC(C)=O)[C@H](N=[N+]=[N-])[C@H]2OC(C)=O)[C@H](NC(=O)OC(C)(C)C)C[C@H](NC(=O)OC(C)(C)C)[C@H]1O[C@H]1O[C@H](CNC(=O)OC(C)(C)C)[C@@H](OC(C)=O)C[C@H]1NC(=O)OC(C)(C)C. The van der Waals surface area contributed by atoms with Crippen LogP contribution in [0.5, 0.6) is 0 Å². The molecular formula is C47H76N8O22. The first kappa shape index (κ1) is 64.7. The molecule has 0 unspecified atom stereocenters. The molecule has 2 heterocycles. The van der Waals surface area contributed by atoms with Crippen LogP contribution in [0.2, 0.25) is 0 Å². The Morgan fingerprint density at radius 3 is 1.36 bits per heavy atom. The van der Waals surface area contributed by atoms with Crippen LogP contribution >= 0.6 is 0 Å². The lowest BCUT2D eigenvalue weighted by molar-refractivity contribution is -0.319. The standard InChI is InChI=1S/C47H76N8O22/c1-21(56)66-28-18-27(53-43(64)77-47(14,15)16)37(70-29(28)19-50-40(61)74-44(5,6)7)72-32-25(51-41(62)75-45(8,9)10)17-26(52-42(63)76-46(11,12)13)33(36(32)69-24(4)59)73-38-35(68-23(3)58)31(54-55-49)34(67-22(2)57)30(71-38)20-65-39(48)60/h25-38H,17-20H2,1-16H3,(H2,48,60)(H,50,61)(H,51,62)(H,52,63)(H,53,64)/t25-,26+,27+,28-,29+,30+,31-,32+,33-,34+,35+,36-,37+,38+/m0/s1. The molecule has 436 valence electrons. The van der Waals surface area contributed by atoms with Gasteiger partial charge in [-0.3, -0.25) is 19.2 Å². The van der Waals surface area contributed by atoms with E-state index in [4.69, 9.17) is 67.3 Å². The molecule has 0 aromatic heterocycles. The number of alkyl carbamates (subject to hydrolysis) is 4. The summed E-state index contributed by atoms with van der Waals surface area (Å²) >= 11 is 0. The highest BCUT2D eigenvalue weighted by Gasteiger charge is 2.57. The molecule has 5 amide bonds. The van der Waals surface area contributed by atoms with Gasteiger partial charge in [0.05, 0.1) is 24.7 Å². The summed E-state index contributed by atoms with van der Waals surface area (Å²) in [7, 11) is 0. The number of azide groups is 1. The van der Waals surface area contributed by atoms with E-state index in [9.17, 15) is 48.7 Å². The van der Waals surface area contributed by atoms with Crippen LogP contribution < -0.4 is 27.0 Å². The van der Waals surface area contributed by atoms with Crippen molar-refractivity contribution in [3.8, 4) is 0 Å². The minimum Gasteiger partial charge on any atom is -0.460 e. The first-order chi connectivity index (χ1) is 35.3. The van der Waals surface area contributed by atoms with Gasteiger partial charge in [-0.25, -0.2) is 24.0 Å². The third kappa shape index (κ3) is 22.5. The summed E-state index contributed by atoms with van der Waals surface area (Å²) < 4.78 is 76.0. The lowest BCUT2D eigenvalue weighted by Gasteiger charge is -2.50. The number of ether oxygens (including phenoxy) is 13. The minimum absolute atomic E-state index is 0.291. The average Bonchev–Trinajstić information content (AvgIpc) is 3.21. The van der Waals surface area contributed by atoms with E-state index in [-0.39, 0.29) is 6.42 Å². The second-order valence-electron chi connectivity index (χ2n) is 22.1. The van der Waals surface area contributed by atoms with Crippen molar-refractivity contribution >= 4 is 54.3 Å². The highest BCUT2D eigenvalue weighted by atomic mass is 16.7. The summed E-state index contributed by atoms with van der Waals surface area (Å²) in [6, 6.07) is -5.96. The van der Waals surface area contributed by atoms with Crippen LogP contribution in [0.3, 0.4) is 0 Å². The number of esters is 4. The number of carbonyl (C=O) groups is 9. The van der Waals surface area contributed by atoms with Gasteiger partial charge < -0.3 is 88.6 Å². The summed E-state index contributed by atoms with van der Waals surface area (Å²) in [6.07, 6.45) is -22.8. The molecule has 2 saturated heterocycles. The molecule has 3 rings (SSSR count). The van der Waals surface area contributed by atoms with E-state index in [1.54, 1.807) is 83.1 Å². The van der Waals surface area contributed by atoms with Crippen LogP contribution in [0, 0.1) is 0 Å². The Morgan fingerprint density at radius 2 is 0.935 bits per heavy atom. The highest BCUT2D eigenvalue weighted by Crippen LogP contribution is 2.37. The molecule has 3 aliphatic rings. The van der Waals surface area contributed by atoms with Crippen molar-refractivity contribution in [2.24, 2.45) is 10.8 Å². The van der Waals surface area contributed by atoms with Gasteiger partial charge in [0.15, 0.2) is 24.8 Å². The number of carbonyl (C=O) groups excluding carboxylic acids is 9. The molecule has 6 N–H and O–H groups in total. The van der Waals surface area contributed by atoms with Gasteiger partial charge in [-0.05, 0) is 95.0 Å². The van der Waals surface area contributed by atoms with Gasteiger partial charge in [-0.15, -0.1) is 0 Å². The maximum Gasteiger partial charge on any atom is 0.408 e. The van der Waals surface area contributed by atoms with Gasteiger partial charge in [-0.2, -0.15) is 0 Å². The molecular weight excluding hydrogens is 1030 g/mol. The van der Waals surface area contributed by atoms with Crippen molar-refractivity contribution < 1.29 is 105 Å². The maximum atomic E-state index is 13.9. The third-order valence-corrected chi connectivity index (χ3v) is 10.4. The Labute approximate surface area is 445 Å². The zero-order valence-electron chi connectivity index (χ0n) is 46.3. The lowest BCUT2D eigenvalue weighted by Crippen LogP contribution is -2.70. The molecule has 2 aliphatic heterocycles. The molecule has 1 saturated carbocycles. The lowest BCUT2D eigenvalue weighted by atomic mass is 9.82. The number of primary amides is 1. The van der Waals surface area contributed by atoms with Gasteiger partial charge in [-0.1, -0.05) is 5.11 Å². The van der Waals surface area contributed by atoms with Gasteiger partial charge in [0.1, 0.15) is 71.7 Å². The summed E-state index contributed by atoms with van der Waals surface area (Å²) in [4.78, 5) is 120. The first-order valence-electron chi connectivity index (χ1n) is 24.6. The number of nitrogens with one attached hydrogen (secondary N) is 4. The van der Waals surface area contributed by atoms with Gasteiger partial charge in [0.25, 0.3) is 0 Å². The number of nitrogens with two attached hydrogens (primary N) is 1. The number of amides is 5. The fourth-order valence-electron chi connectivity index (χ4n) is 8.11. The van der Waals surface area contributed by atoms with Gasteiger partial charge in [0.2, 0.25) is 0 Å². The Bertz CT molecular complexity index is 2170. The molecule has 30 heteroatoms. The summed E-state index contributed by atoms with van der Waals surface area (Å²) in [6.45, 7) is 22.0. The fourth-order valence-corrected chi connectivity index (χ4v) is 8.11. The second-order valence-corrected chi connectivity index (χ2v) is 22.1. The van der Waals surface area contributed by atoms with Crippen molar-refractivity contribution in [3.63, 3.8) is 0 Å². The normalized spacial score (nSPS) is 28.5. The summed E-state index contributed by atoms with van der Waals surface area (Å²) in [5.74, 6) is -3.75. The molecule has 1 aliphatic carbocycles. The molecule has 0 radical (unpaired) electrons. The Hall–Kier alpha value is -6.62. The van der Waals surface area contributed by atoms with Gasteiger partial charge in [0, 0.05) is 39.0 Å². The maximum absolute atomic E-state index is 13.9. The van der Waals surface area contributed by atoms with Crippen molar-refractivity contribution in [3.05, 3.63) is 10.4 Å². The van der Waals surface area contributed by atoms with E-state index in [0.29, 0.717) is 0 Å². The zero-order valence-corrected chi connectivity index (χ0v) is 46.3.